The molecular weight excluding hydrogens is 372 g/mol. The Morgan fingerprint density at radius 1 is 1.03 bits per heavy atom. The minimum Gasteiger partial charge on any atom is -0.623 e. The van der Waals surface area contributed by atoms with Crippen molar-refractivity contribution in [1.29, 1.82) is 0 Å². The summed E-state index contributed by atoms with van der Waals surface area (Å²) in [6.45, 7) is 11.1. The fourth-order valence-corrected chi connectivity index (χ4v) is 2.46. The number of ether oxygens (including phenoxy) is 2. The predicted octanol–water partition coefficient (Wildman–Crippen LogP) is 4.02. The average molecular weight is 407 g/mol. The van der Waals surface area contributed by atoms with Gasteiger partial charge in [-0.1, -0.05) is 18.2 Å². The van der Waals surface area contributed by atoms with Crippen molar-refractivity contribution < 1.29 is 23.8 Å². The maximum absolute atomic E-state index is 12.6. The van der Waals surface area contributed by atoms with Crippen LogP contribution in [0.5, 0.6) is 0 Å². The highest BCUT2D eigenvalue weighted by atomic mass is 16.6. The lowest BCUT2D eigenvalue weighted by Gasteiger charge is -2.23. The summed E-state index contributed by atoms with van der Waals surface area (Å²) in [6, 6.07) is 8.14. The lowest BCUT2D eigenvalue weighted by Crippen LogP contribution is -2.38. The molecule has 0 fully saturated rings. The van der Waals surface area contributed by atoms with Crippen molar-refractivity contribution >= 4 is 18.3 Å². The van der Waals surface area contributed by atoms with Gasteiger partial charge < -0.3 is 20.0 Å². The summed E-state index contributed by atoms with van der Waals surface area (Å²) in [5, 5.41) is 15.3. The van der Waals surface area contributed by atoms with E-state index in [1.807, 2.05) is 18.2 Å². The quantitative estimate of drug-likeness (QED) is 0.176. The molecule has 1 N–H and O–H groups in total. The molecule has 7 nitrogen and oxygen atoms in total. The zero-order chi connectivity index (χ0) is 22.1. The van der Waals surface area contributed by atoms with Crippen molar-refractivity contribution in [3.8, 4) is 0 Å². The lowest BCUT2D eigenvalue weighted by atomic mass is 10.1. The molecule has 0 aliphatic heterocycles. The van der Waals surface area contributed by atoms with E-state index in [-0.39, 0.29) is 0 Å². The van der Waals surface area contributed by atoms with Gasteiger partial charge in [0.25, 0.3) is 6.04 Å². The van der Waals surface area contributed by atoms with E-state index >= 15 is 0 Å². The molecule has 0 aromatic heterocycles. The van der Waals surface area contributed by atoms with Crippen LogP contribution in [0.1, 0.15) is 66.4 Å². The zero-order valence-electron chi connectivity index (χ0n) is 18.4. The summed E-state index contributed by atoms with van der Waals surface area (Å²) in [4.78, 5) is 24.2. The Labute approximate surface area is 173 Å². The molecule has 29 heavy (non-hydrogen) atoms. The average Bonchev–Trinajstić information content (AvgIpc) is 2.55. The molecule has 0 aliphatic rings. The normalized spacial score (nSPS) is 13.5. The van der Waals surface area contributed by atoms with E-state index in [2.05, 4.69) is 5.32 Å². The number of hydrogen-bond donors (Lipinski definition) is 1. The summed E-state index contributed by atoms with van der Waals surface area (Å²) in [5.41, 5.74) is -0.522. The largest absolute Gasteiger partial charge is 0.623 e. The second-order valence-electron chi connectivity index (χ2n) is 8.87. The molecule has 1 aromatic rings. The van der Waals surface area contributed by atoms with Crippen LogP contribution in [-0.2, 0) is 14.3 Å². The van der Waals surface area contributed by atoms with Crippen molar-refractivity contribution in [2.75, 3.05) is 6.54 Å². The van der Waals surface area contributed by atoms with Gasteiger partial charge in [0.05, 0.1) is 0 Å². The molecule has 0 radical (unpaired) electrons. The van der Waals surface area contributed by atoms with Crippen LogP contribution in [0.15, 0.2) is 30.3 Å². The molecule has 1 rings (SSSR count). The Morgan fingerprint density at radius 2 is 1.62 bits per heavy atom. The standard InChI is InChI=1S/C22H34N2O5/c1-21(2,3)28-19(25)18(24(27)16-17-12-8-7-9-13-17)14-10-11-15-23-20(26)29-22(4,5)6/h7-9,12-13,16,18H,10-11,14-15H2,1-6H3,(H,23,26)/b24-16-/t18-/m0/s1. The number of nitrogens with one attached hydrogen (secondary N) is 1. The second kappa shape index (κ2) is 10.8. The Kier molecular flexibility index (Phi) is 9.14. The molecule has 1 aromatic carbocycles. The Balaban J connectivity index is 2.67. The van der Waals surface area contributed by atoms with E-state index in [1.54, 1.807) is 53.7 Å². The van der Waals surface area contributed by atoms with Gasteiger partial charge in [-0.15, -0.1) is 0 Å². The van der Waals surface area contributed by atoms with Crippen LogP contribution in [-0.4, -0.2) is 46.8 Å². The van der Waals surface area contributed by atoms with Gasteiger partial charge in [-0.25, -0.2) is 9.59 Å². The third-order valence-electron chi connectivity index (χ3n) is 3.63. The van der Waals surface area contributed by atoms with Crippen molar-refractivity contribution in [3.63, 3.8) is 0 Å². The van der Waals surface area contributed by atoms with E-state index < -0.39 is 29.3 Å². The van der Waals surface area contributed by atoms with Gasteiger partial charge in [-0.3, -0.25) is 0 Å². The third-order valence-corrected chi connectivity index (χ3v) is 3.63. The van der Waals surface area contributed by atoms with Gasteiger partial charge in [0.15, 0.2) is 6.21 Å². The fraction of sp³-hybridized carbons (Fsp3) is 0.591. The number of carbonyl (C=O) groups excluding carboxylic acids is 2. The number of hydroxylamine groups is 1. The Morgan fingerprint density at radius 3 is 2.17 bits per heavy atom. The minimum atomic E-state index is -0.948. The third kappa shape index (κ3) is 11.1. The highest BCUT2D eigenvalue weighted by molar-refractivity contribution is 5.79. The second-order valence-corrected chi connectivity index (χ2v) is 8.87. The van der Waals surface area contributed by atoms with E-state index in [0.717, 1.165) is 0 Å². The van der Waals surface area contributed by atoms with E-state index in [1.165, 1.54) is 6.21 Å². The first kappa shape index (κ1) is 24.5. The molecule has 1 amide bonds. The number of carbonyl (C=O) groups is 2. The molecule has 0 saturated heterocycles. The summed E-state index contributed by atoms with van der Waals surface area (Å²) in [6.07, 6.45) is 2.41. The monoisotopic (exact) mass is 406 g/mol. The molecule has 0 spiro atoms. The van der Waals surface area contributed by atoms with Gasteiger partial charge >= 0.3 is 12.1 Å². The number of hydrogen-bond acceptors (Lipinski definition) is 5. The lowest BCUT2D eigenvalue weighted by molar-refractivity contribution is -0.486. The van der Waals surface area contributed by atoms with E-state index in [9.17, 15) is 14.8 Å². The first-order chi connectivity index (χ1) is 13.4. The van der Waals surface area contributed by atoms with Gasteiger partial charge in [-0.05, 0) is 66.5 Å². The minimum absolute atomic E-state index is 0.317. The summed E-state index contributed by atoms with van der Waals surface area (Å²) in [5.74, 6) is -0.556. The van der Waals surface area contributed by atoms with Gasteiger partial charge in [-0.2, -0.15) is 4.74 Å². The Hall–Kier alpha value is -2.57. The van der Waals surface area contributed by atoms with Crippen LogP contribution < -0.4 is 5.32 Å². The predicted molar refractivity (Wildman–Crippen MR) is 113 cm³/mol. The van der Waals surface area contributed by atoms with Crippen LogP contribution in [0, 0.1) is 5.21 Å². The first-order valence-electron chi connectivity index (χ1n) is 9.92. The topological polar surface area (TPSA) is 90.7 Å². The molecule has 0 bridgehead atoms. The highest BCUT2D eigenvalue weighted by Crippen LogP contribution is 2.14. The number of rotatable bonds is 8. The maximum atomic E-state index is 12.6. The van der Waals surface area contributed by atoms with Crippen molar-refractivity contribution in [2.24, 2.45) is 0 Å². The van der Waals surface area contributed by atoms with Gasteiger partial charge in [0.1, 0.15) is 11.2 Å². The van der Waals surface area contributed by atoms with E-state index in [0.29, 0.717) is 36.1 Å². The highest BCUT2D eigenvalue weighted by Gasteiger charge is 2.31. The molecule has 1 atom stereocenters. The fourth-order valence-electron chi connectivity index (χ4n) is 2.46. The number of unbranched alkanes of at least 4 members (excludes halogenated alkanes) is 1. The SMILES string of the molecule is CC(C)(C)OC(=O)NCCCC[C@@H](C(=O)OC(C)(C)C)/[N+]([O-])=C/c1ccccc1. The van der Waals surface area contributed by atoms with Gasteiger partial charge in [0.2, 0.25) is 0 Å². The molecule has 162 valence electrons. The Bertz CT molecular complexity index is 687. The summed E-state index contributed by atoms with van der Waals surface area (Å²) in [7, 11) is 0. The van der Waals surface area contributed by atoms with E-state index in [4.69, 9.17) is 9.47 Å². The van der Waals surface area contributed by atoms with Crippen LogP contribution in [0.4, 0.5) is 4.79 Å². The first-order valence-corrected chi connectivity index (χ1v) is 9.92. The molecular formula is C22H34N2O5. The number of benzene rings is 1. The molecule has 0 heterocycles. The zero-order valence-corrected chi connectivity index (χ0v) is 18.4. The number of nitrogens with zero attached hydrogens (tertiary/aromatic N) is 1. The van der Waals surface area contributed by atoms with Crippen molar-refractivity contribution in [1.82, 2.24) is 5.32 Å². The maximum Gasteiger partial charge on any atom is 0.407 e. The molecule has 7 heteroatoms. The number of amides is 1. The van der Waals surface area contributed by atoms with Crippen LogP contribution >= 0.6 is 0 Å². The molecule has 0 saturated carbocycles. The van der Waals surface area contributed by atoms with Crippen LogP contribution in [0.25, 0.3) is 0 Å². The van der Waals surface area contributed by atoms with Crippen LogP contribution in [0.3, 0.4) is 0 Å². The van der Waals surface area contributed by atoms with Crippen LogP contribution in [0.2, 0.25) is 0 Å². The summed E-state index contributed by atoms with van der Waals surface area (Å²) >= 11 is 0. The number of esters is 1. The summed E-state index contributed by atoms with van der Waals surface area (Å²) < 4.78 is 11.3. The van der Waals surface area contributed by atoms with Gasteiger partial charge in [0, 0.05) is 18.5 Å². The molecule has 0 aliphatic carbocycles. The molecule has 0 unspecified atom stereocenters. The van der Waals surface area contributed by atoms with Crippen molar-refractivity contribution in [2.45, 2.75) is 78.0 Å². The number of alkyl carbamates (subject to hydrolysis) is 1. The van der Waals surface area contributed by atoms with Crippen molar-refractivity contribution in [3.05, 3.63) is 41.1 Å². The smallest absolute Gasteiger partial charge is 0.407 e.